The summed E-state index contributed by atoms with van der Waals surface area (Å²) in [7, 11) is 0. The second kappa shape index (κ2) is 8.04. The van der Waals surface area contributed by atoms with Gasteiger partial charge in [0.1, 0.15) is 12.3 Å². The van der Waals surface area contributed by atoms with E-state index in [1.807, 2.05) is 60.7 Å². The van der Waals surface area contributed by atoms with Crippen LogP contribution in [0.1, 0.15) is 16.3 Å². The van der Waals surface area contributed by atoms with Crippen molar-refractivity contribution in [2.75, 3.05) is 0 Å². The van der Waals surface area contributed by atoms with E-state index >= 15 is 0 Å². The summed E-state index contributed by atoms with van der Waals surface area (Å²) in [5.74, 6) is -0.0856. The number of rotatable bonds is 5. The average molecular weight is 430 g/mol. The summed E-state index contributed by atoms with van der Waals surface area (Å²) >= 11 is 6.00. The number of halogens is 1. The molecule has 0 aliphatic heterocycles. The van der Waals surface area contributed by atoms with E-state index in [1.165, 1.54) is 0 Å². The van der Waals surface area contributed by atoms with E-state index in [-0.39, 0.29) is 12.4 Å². The number of hydrogen-bond donors (Lipinski definition) is 0. The molecule has 3 aromatic heterocycles. The molecular weight excluding hydrogens is 414 g/mol. The number of imidazole rings is 1. The number of carbonyl (C=O) groups excluding carboxylic acids is 1. The maximum atomic E-state index is 12.7. The van der Waals surface area contributed by atoms with Crippen LogP contribution in [0.4, 0.5) is 0 Å². The molecule has 0 saturated heterocycles. The highest BCUT2D eigenvalue weighted by atomic mass is 35.5. The van der Waals surface area contributed by atoms with Gasteiger partial charge in [0.2, 0.25) is 0 Å². The zero-order valence-electron chi connectivity index (χ0n) is 16.2. The minimum absolute atomic E-state index is 0.00131. The summed E-state index contributed by atoms with van der Waals surface area (Å²) < 4.78 is 8.84. The number of esters is 1. The van der Waals surface area contributed by atoms with Crippen LogP contribution in [0.5, 0.6) is 0 Å². The molecule has 0 N–H and O–H groups in total. The Morgan fingerprint density at radius 3 is 2.42 bits per heavy atom. The van der Waals surface area contributed by atoms with Crippen LogP contribution in [0.2, 0.25) is 5.02 Å². The van der Waals surface area contributed by atoms with Crippen molar-refractivity contribution in [2.45, 2.75) is 6.61 Å². The van der Waals surface area contributed by atoms with Crippen molar-refractivity contribution in [3.8, 4) is 17.1 Å². The summed E-state index contributed by atoms with van der Waals surface area (Å²) in [6.07, 6.45) is 3.50. The van der Waals surface area contributed by atoms with Crippen LogP contribution in [0.3, 0.4) is 0 Å². The molecule has 152 valence electrons. The molecule has 0 atom stereocenters. The SMILES string of the molecule is O=C(OCc1cn2cc(Cl)ccc2n1)c1nc(-c2ccccc2)n(-c2ccccc2)n1. The van der Waals surface area contributed by atoms with Gasteiger partial charge in [-0.25, -0.2) is 19.4 Å². The van der Waals surface area contributed by atoms with Crippen molar-refractivity contribution in [3.63, 3.8) is 0 Å². The summed E-state index contributed by atoms with van der Waals surface area (Å²) in [4.78, 5) is 21.6. The first-order valence-corrected chi connectivity index (χ1v) is 9.93. The lowest BCUT2D eigenvalue weighted by atomic mass is 10.2. The topological polar surface area (TPSA) is 74.3 Å². The van der Waals surface area contributed by atoms with Crippen molar-refractivity contribution < 1.29 is 9.53 Å². The number of ether oxygens (including phenoxy) is 1. The van der Waals surface area contributed by atoms with E-state index in [4.69, 9.17) is 16.3 Å². The van der Waals surface area contributed by atoms with Crippen LogP contribution >= 0.6 is 11.6 Å². The molecule has 0 aliphatic carbocycles. The van der Waals surface area contributed by atoms with Crippen LogP contribution in [-0.4, -0.2) is 30.1 Å². The highest BCUT2D eigenvalue weighted by Crippen LogP contribution is 2.21. The lowest BCUT2D eigenvalue weighted by Gasteiger charge is -2.05. The number of aromatic nitrogens is 5. The summed E-state index contributed by atoms with van der Waals surface area (Å²) in [6.45, 7) is -0.00131. The van der Waals surface area contributed by atoms with Crippen molar-refractivity contribution in [1.82, 2.24) is 24.1 Å². The van der Waals surface area contributed by atoms with Gasteiger partial charge in [0.05, 0.1) is 16.4 Å². The van der Waals surface area contributed by atoms with Crippen LogP contribution in [-0.2, 0) is 11.3 Å². The summed E-state index contributed by atoms with van der Waals surface area (Å²) in [6, 6.07) is 22.6. The lowest BCUT2D eigenvalue weighted by molar-refractivity contribution is 0.0454. The predicted octanol–water partition coefficient (Wildman–Crippen LogP) is 4.59. The van der Waals surface area contributed by atoms with E-state index < -0.39 is 5.97 Å². The van der Waals surface area contributed by atoms with Gasteiger partial charge >= 0.3 is 5.97 Å². The van der Waals surface area contributed by atoms with Gasteiger partial charge in [-0.05, 0) is 24.3 Å². The maximum Gasteiger partial charge on any atom is 0.378 e. The highest BCUT2D eigenvalue weighted by Gasteiger charge is 2.20. The minimum Gasteiger partial charge on any atom is -0.453 e. The van der Waals surface area contributed by atoms with Crippen molar-refractivity contribution >= 4 is 23.2 Å². The molecule has 7 nitrogen and oxygen atoms in total. The molecular formula is C23H16ClN5O2. The molecule has 0 radical (unpaired) electrons. The van der Waals surface area contributed by atoms with Crippen molar-refractivity contribution in [2.24, 2.45) is 0 Å². The van der Waals surface area contributed by atoms with Gasteiger partial charge in [-0.1, -0.05) is 60.1 Å². The fourth-order valence-electron chi connectivity index (χ4n) is 3.21. The molecule has 5 rings (SSSR count). The van der Waals surface area contributed by atoms with E-state index in [2.05, 4.69) is 15.1 Å². The molecule has 0 amide bonds. The Kier molecular flexibility index (Phi) is 4.93. The van der Waals surface area contributed by atoms with E-state index in [0.29, 0.717) is 22.2 Å². The maximum absolute atomic E-state index is 12.7. The van der Waals surface area contributed by atoms with Crippen LogP contribution < -0.4 is 0 Å². The molecule has 3 heterocycles. The van der Waals surface area contributed by atoms with Crippen LogP contribution in [0.15, 0.2) is 85.2 Å². The Bertz CT molecular complexity index is 1310. The van der Waals surface area contributed by atoms with Crippen molar-refractivity contribution in [1.29, 1.82) is 0 Å². The first kappa shape index (κ1) is 19.0. The largest absolute Gasteiger partial charge is 0.453 e. The Balaban J connectivity index is 1.42. The van der Waals surface area contributed by atoms with E-state index in [0.717, 1.165) is 11.3 Å². The number of benzene rings is 2. The second-order valence-electron chi connectivity index (χ2n) is 6.79. The highest BCUT2D eigenvalue weighted by molar-refractivity contribution is 6.30. The minimum atomic E-state index is -0.623. The molecule has 0 bridgehead atoms. The zero-order chi connectivity index (χ0) is 21.2. The Morgan fingerprint density at radius 2 is 1.65 bits per heavy atom. The molecule has 0 saturated carbocycles. The lowest BCUT2D eigenvalue weighted by Crippen LogP contribution is -2.08. The smallest absolute Gasteiger partial charge is 0.378 e. The Morgan fingerprint density at radius 1 is 0.903 bits per heavy atom. The van der Waals surface area contributed by atoms with Crippen molar-refractivity contribution in [3.05, 3.63) is 102 Å². The molecule has 31 heavy (non-hydrogen) atoms. The molecule has 0 spiro atoms. The molecule has 2 aromatic carbocycles. The second-order valence-corrected chi connectivity index (χ2v) is 7.23. The van der Waals surface area contributed by atoms with Gasteiger partial charge in [-0.3, -0.25) is 0 Å². The fraction of sp³-hybridized carbons (Fsp3) is 0.0435. The molecule has 0 aliphatic rings. The molecule has 0 unspecified atom stereocenters. The third-order valence-electron chi connectivity index (χ3n) is 4.64. The van der Waals surface area contributed by atoms with Crippen LogP contribution in [0.25, 0.3) is 22.7 Å². The third kappa shape index (κ3) is 3.91. The van der Waals surface area contributed by atoms with Gasteiger partial charge in [0.15, 0.2) is 5.82 Å². The monoisotopic (exact) mass is 429 g/mol. The standard InChI is InChI=1S/C23H16ClN5O2/c24-17-11-12-20-25-18(14-28(20)13-17)15-31-23(30)21-26-22(16-7-3-1-4-8-16)29(27-21)19-9-5-2-6-10-19/h1-14H,15H2. The normalized spacial score (nSPS) is 11.0. The summed E-state index contributed by atoms with van der Waals surface area (Å²) in [5.41, 5.74) is 2.95. The van der Waals surface area contributed by atoms with Gasteiger partial charge in [0.25, 0.3) is 5.82 Å². The quantitative estimate of drug-likeness (QED) is 0.382. The number of carbonyl (C=O) groups is 1. The van der Waals surface area contributed by atoms with Gasteiger partial charge in [0, 0.05) is 18.0 Å². The molecule has 8 heteroatoms. The van der Waals surface area contributed by atoms with Crippen LogP contribution in [0, 0.1) is 0 Å². The fourth-order valence-corrected chi connectivity index (χ4v) is 3.38. The first-order chi connectivity index (χ1) is 15.2. The number of para-hydroxylation sites is 1. The average Bonchev–Trinajstić information content (AvgIpc) is 3.43. The Labute approximate surface area is 182 Å². The van der Waals surface area contributed by atoms with E-state index in [1.54, 1.807) is 33.6 Å². The summed E-state index contributed by atoms with van der Waals surface area (Å²) in [5, 5.41) is 5.01. The third-order valence-corrected chi connectivity index (χ3v) is 4.86. The number of hydrogen-bond acceptors (Lipinski definition) is 5. The van der Waals surface area contributed by atoms with E-state index in [9.17, 15) is 4.79 Å². The number of nitrogens with zero attached hydrogens (tertiary/aromatic N) is 5. The molecule has 5 aromatic rings. The number of fused-ring (bicyclic) bond motifs is 1. The Hall–Kier alpha value is -3.97. The van der Waals surface area contributed by atoms with Gasteiger partial charge in [-0.15, -0.1) is 5.10 Å². The molecule has 0 fully saturated rings. The zero-order valence-corrected chi connectivity index (χ0v) is 17.0. The van der Waals surface area contributed by atoms with Gasteiger partial charge < -0.3 is 9.14 Å². The van der Waals surface area contributed by atoms with Gasteiger partial charge in [-0.2, -0.15) is 0 Å². The predicted molar refractivity (Wildman–Crippen MR) is 116 cm³/mol. The first-order valence-electron chi connectivity index (χ1n) is 9.55. The number of pyridine rings is 1.